The molecule has 1 N–H and O–H groups in total. The minimum Gasteiger partial charge on any atom is -0.335 e. The minimum atomic E-state index is -0.320. The molecule has 1 aliphatic heterocycles. The van der Waals surface area contributed by atoms with Crippen molar-refractivity contribution < 1.29 is 9.59 Å². The lowest BCUT2D eigenvalue weighted by atomic mass is 9.65. The van der Waals surface area contributed by atoms with Crippen molar-refractivity contribution in [3.05, 3.63) is 63.6 Å². The first kappa shape index (κ1) is 21.2. The molecule has 2 atom stereocenters. The third-order valence-corrected chi connectivity index (χ3v) is 6.79. The zero-order valence-electron chi connectivity index (χ0n) is 17.5. The number of benzene rings is 2. The molecule has 0 aromatic heterocycles. The Morgan fingerprint density at radius 2 is 1.73 bits per heavy atom. The van der Waals surface area contributed by atoms with Crippen molar-refractivity contribution in [3.63, 3.8) is 0 Å². The molecular weight excluding hydrogens is 419 g/mol. The number of nitrogens with zero attached hydrogens (tertiary/aromatic N) is 1. The molecule has 1 heterocycles. The summed E-state index contributed by atoms with van der Waals surface area (Å²) in [5, 5.41) is 3.59. The van der Waals surface area contributed by atoms with Crippen molar-refractivity contribution in [2.75, 3.05) is 11.9 Å². The number of carbonyl (C=O) groups is 2. The maximum Gasteiger partial charge on any atom is 0.257 e. The topological polar surface area (TPSA) is 49.4 Å². The molecular formula is C24H26Cl2N2O2. The van der Waals surface area contributed by atoms with Crippen LogP contribution in [0.2, 0.25) is 10.0 Å². The summed E-state index contributed by atoms with van der Waals surface area (Å²) in [5.74, 6) is -0.251. The lowest BCUT2D eigenvalue weighted by Gasteiger charge is -2.39. The van der Waals surface area contributed by atoms with Gasteiger partial charge in [-0.1, -0.05) is 44.0 Å². The van der Waals surface area contributed by atoms with E-state index in [4.69, 9.17) is 23.2 Å². The van der Waals surface area contributed by atoms with Crippen LogP contribution in [-0.4, -0.2) is 29.3 Å². The fraction of sp³-hybridized carbons (Fsp3) is 0.417. The van der Waals surface area contributed by atoms with Crippen molar-refractivity contribution in [1.29, 1.82) is 0 Å². The minimum absolute atomic E-state index is 0.0695. The van der Waals surface area contributed by atoms with E-state index in [9.17, 15) is 9.59 Å². The Hall–Kier alpha value is -2.04. The van der Waals surface area contributed by atoms with E-state index >= 15 is 0 Å². The van der Waals surface area contributed by atoms with Crippen LogP contribution in [0.25, 0.3) is 0 Å². The van der Waals surface area contributed by atoms with E-state index in [1.807, 2.05) is 0 Å². The predicted octanol–water partition coefficient (Wildman–Crippen LogP) is 6.29. The van der Waals surface area contributed by atoms with Gasteiger partial charge in [0, 0.05) is 28.9 Å². The second-order valence-electron chi connectivity index (χ2n) is 9.80. The smallest absolute Gasteiger partial charge is 0.257 e. The summed E-state index contributed by atoms with van der Waals surface area (Å²) in [7, 11) is 0. The SMILES string of the molecule is CC1(C)C[C@@H]2C[C@@](C)(CN2C(=O)c2ccc(NC(=O)c3ccc(Cl)cc3Cl)cc2)C1. The third-order valence-electron chi connectivity index (χ3n) is 6.24. The highest BCUT2D eigenvalue weighted by molar-refractivity contribution is 6.37. The van der Waals surface area contributed by atoms with E-state index in [0.717, 1.165) is 25.8 Å². The van der Waals surface area contributed by atoms with Crippen LogP contribution in [0.5, 0.6) is 0 Å². The molecule has 2 fully saturated rings. The summed E-state index contributed by atoms with van der Waals surface area (Å²) >= 11 is 12.0. The van der Waals surface area contributed by atoms with Gasteiger partial charge in [0.15, 0.2) is 0 Å². The summed E-state index contributed by atoms with van der Waals surface area (Å²) in [6.07, 6.45) is 3.28. The summed E-state index contributed by atoms with van der Waals surface area (Å²) in [6.45, 7) is 7.72. The van der Waals surface area contributed by atoms with Gasteiger partial charge >= 0.3 is 0 Å². The molecule has 1 saturated carbocycles. The van der Waals surface area contributed by atoms with E-state index in [0.29, 0.717) is 32.9 Å². The summed E-state index contributed by atoms with van der Waals surface area (Å²) < 4.78 is 0. The molecule has 2 amide bonds. The number of hydrogen-bond donors (Lipinski definition) is 1. The lowest BCUT2D eigenvalue weighted by molar-refractivity contribution is 0.0708. The van der Waals surface area contributed by atoms with Crippen molar-refractivity contribution in [1.82, 2.24) is 4.90 Å². The number of amides is 2. The number of anilines is 1. The van der Waals surface area contributed by atoms with E-state index in [1.54, 1.807) is 36.4 Å². The van der Waals surface area contributed by atoms with Gasteiger partial charge in [0.2, 0.25) is 0 Å². The molecule has 2 bridgehead atoms. The van der Waals surface area contributed by atoms with Crippen molar-refractivity contribution >= 4 is 40.7 Å². The molecule has 6 heteroatoms. The Kier molecular flexibility index (Phi) is 5.36. The molecule has 4 nitrogen and oxygen atoms in total. The third kappa shape index (κ3) is 4.21. The first-order valence-electron chi connectivity index (χ1n) is 10.2. The standard InChI is InChI=1S/C24H26Cl2N2O2/c1-23(2)11-18-12-24(3,13-23)14-28(18)22(30)15-4-7-17(8-5-15)27-21(29)19-9-6-16(25)10-20(19)26/h4-10,18H,11-14H2,1-3H3,(H,27,29)/t18-,24-/m1/s1. The second-order valence-corrected chi connectivity index (χ2v) is 10.6. The molecule has 0 unspecified atom stereocenters. The monoisotopic (exact) mass is 444 g/mol. The van der Waals surface area contributed by atoms with Crippen LogP contribution in [0.3, 0.4) is 0 Å². The fourth-order valence-electron chi connectivity index (χ4n) is 5.43. The molecule has 158 valence electrons. The van der Waals surface area contributed by atoms with Crippen LogP contribution in [0, 0.1) is 10.8 Å². The Bertz CT molecular complexity index is 1000. The predicted molar refractivity (Wildman–Crippen MR) is 121 cm³/mol. The molecule has 1 aliphatic carbocycles. The highest BCUT2D eigenvalue weighted by atomic mass is 35.5. The Morgan fingerprint density at radius 3 is 2.40 bits per heavy atom. The second kappa shape index (κ2) is 7.58. The van der Waals surface area contributed by atoms with Gasteiger partial charge in [-0.05, 0) is 72.6 Å². The zero-order valence-corrected chi connectivity index (χ0v) is 19.0. The number of rotatable bonds is 3. The molecule has 1 saturated heterocycles. The quantitative estimate of drug-likeness (QED) is 0.604. The van der Waals surface area contributed by atoms with Crippen LogP contribution in [-0.2, 0) is 0 Å². The molecule has 4 rings (SSSR count). The Balaban J connectivity index is 1.46. The maximum atomic E-state index is 13.2. The van der Waals surface area contributed by atoms with E-state index < -0.39 is 0 Å². The number of carbonyl (C=O) groups excluding carboxylic acids is 2. The highest BCUT2D eigenvalue weighted by Gasteiger charge is 2.50. The molecule has 0 radical (unpaired) electrons. The normalized spacial score (nSPS) is 24.6. The Labute approximate surface area is 187 Å². The summed E-state index contributed by atoms with van der Waals surface area (Å²) in [6, 6.07) is 12.1. The van der Waals surface area contributed by atoms with Gasteiger partial charge in [0.05, 0.1) is 10.6 Å². The van der Waals surface area contributed by atoms with Crippen LogP contribution in [0.15, 0.2) is 42.5 Å². The average molecular weight is 445 g/mol. The summed E-state index contributed by atoms with van der Waals surface area (Å²) in [5.41, 5.74) is 2.07. The number of halogens is 2. The number of hydrogen-bond acceptors (Lipinski definition) is 2. The number of likely N-dealkylation sites (tertiary alicyclic amines) is 1. The lowest BCUT2D eigenvalue weighted by Crippen LogP contribution is -2.37. The largest absolute Gasteiger partial charge is 0.335 e. The maximum absolute atomic E-state index is 13.2. The van der Waals surface area contributed by atoms with Gasteiger partial charge in [-0.15, -0.1) is 0 Å². The van der Waals surface area contributed by atoms with Gasteiger partial charge in [-0.2, -0.15) is 0 Å². The van der Waals surface area contributed by atoms with Crippen LogP contribution >= 0.6 is 23.2 Å². The van der Waals surface area contributed by atoms with Gasteiger partial charge in [0.1, 0.15) is 0 Å². The van der Waals surface area contributed by atoms with Gasteiger partial charge in [-0.3, -0.25) is 9.59 Å². The van der Waals surface area contributed by atoms with E-state index in [2.05, 4.69) is 31.0 Å². The van der Waals surface area contributed by atoms with Crippen molar-refractivity contribution in [3.8, 4) is 0 Å². The molecule has 0 spiro atoms. The number of nitrogens with one attached hydrogen (secondary N) is 1. The van der Waals surface area contributed by atoms with Crippen molar-refractivity contribution in [2.45, 2.75) is 46.1 Å². The van der Waals surface area contributed by atoms with Crippen molar-refractivity contribution in [2.24, 2.45) is 10.8 Å². The van der Waals surface area contributed by atoms with E-state index in [-0.39, 0.29) is 22.6 Å². The molecule has 2 aromatic rings. The first-order valence-corrected chi connectivity index (χ1v) is 11.0. The fourth-order valence-corrected chi connectivity index (χ4v) is 5.93. The van der Waals surface area contributed by atoms with Crippen LogP contribution in [0.1, 0.15) is 60.7 Å². The zero-order chi connectivity index (χ0) is 21.7. The molecule has 2 aromatic carbocycles. The molecule has 30 heavy (non-hydrogen) atoms. The first-order chi connectivity index (χ1) is 14.1. The Morgan fingerprint density at radius 1 is 1.03 bits per heavy atom. The van der Waals surface area contributed by atoms with Crippen LogP contribution < -0.4 is 5.32 Å². The number of fused-ring (bicyclic) bond motifs is 2. The van der Waals surface area contributed by atoms with Crippen LogP contribution in [0.4, 0.5) is 5.69 Å². The van der Waals surface area contributed by atoms with Gasteiger partial charge in [0.25, 0.3) is 11.8 Å². The van der Waals surface area contributed by atoms with Gasteiger partial charge < -0.3 is 10.2 Å². The van der Waals surface area contributed by atoms with E-state index in [1.165, 1.54) is 6.07 Å². The average Bonchev–Trinajstić information content (AvgIpc) is 2.90. The van der Waals surface area contributed by atoms with Gasteiger partial charge in [-0.25, -0.2) is 0 Å². The summed E-state index contributed by atoms with van der Waals surface area (Å²) in [4.78, 5) is 27.7. The highest BCUT2D eigenvalue weighted by Crippen LogP contribution is 2.52. The molecule has 2 aliphatic rings.